The Bertz CT molecular complexity index is 3110. The lowest BCUT2D eigenvalue weighted by Gasteiger charge is -2.22. The van der Waals surface area contributed by atoms with Crippen molar-refractivity contribution in [2.75, 3.05) is 0 Å². The zero-order valence-corrected chi connectivity index (χ0v) is 29.8. The predicted octanol–water partition coefficient (Wildman–Crippen LogP) is 14.8. The second-order valence-corrected chi connectivity index (χ2v) is 15.2. The number of rotatable bonds is 3. The smallest absolute Gasteiger partial charge is 0.0159 e. The van der Waals surface area contributed by atoms with E-state index in [4.69, 9.17) is 0 Å². The van der Waals surface area contributed by atoms with Gasteiger partial charge in [0.25, 0.3) is 0 Å². The van der Waals surface area contributed by atoms with Crippen molar-refractivity contribution < 1.29 is 0 Å². The number of benzene rings is 10. The first-order valence-corrected chi connectivity index (χ1v) is 18.7. The van der Waals surface area contributed by atoms with E-state index < -0.39 is 0 Å². The standard InChI is InChI=1S/C53H36/c1-53(2)49-19-11-10-16-43(49)44-29-26-38(32-50(44)53)35-22-20-34(21-23-35)37-25-28-42-41-27-24-36(33-12-4-3-5-13-33)30-47(41)51-45-17-8-6-14-39(45)40-15-7-9-18-46(40)52(51)48(42)31-37/h3-32H,1-2H3. The Morgan fingerprint density at radius 2 is 0.660 bits per heavy atom. The molecule has 0 heterocycles. The summed E-state index contributed by atoms with van der Waals surface area (Å²) in [6.07, 6.45) is 0. The minimum atomic E-state index is -0.0153. The van der Waals surface area contributed by atoms with E-state index >= 15 is 0 Å². The van der Waals surface area contributed by atoms with Crippen molar-refractivity contribution in [3.8, 4) is 44.5 Å². The first-order valence-electron chi connectivity index (χ1n) is 18.7. The highest BCUT2D eigenvalue weighted by Gasteiger charge is 2.35. The Morgan fingerprint density at radius 1 is 0.264 bits per heavy atom. The van der Waals surface area contributed by atoms with Crippen LogP contribution in [0.2, 0.25) is 0 Å². The van der Waals surface area contributed by atoms with Gasteiger partial charge in [-0.15, -0.1) is 0 Å². The van der Waals surface area contributed by atoms with Crippen LogP contribution in [-0.4, -0.2) is 0 Å². The molecule has 0 saturated heterocycles. The molecular formula is C53H36. The highest BCUT2D eigenvalue weighted by Crippen LogP contribution is 2.50. The van der Waals surface area contributed by atoms with Crippen molar-refractivity contribution in [1.82, 2.24) is 0 Å². The quantitative estimate of drug-likeness (QED) is 0.164. The lowest BCUT2D eigenvalue weighted by molar-refractivity contribution is 0.660. The molecule has 10 aromatic rings. The third-order valence-corrected chi connectivity index (χ3v) is 12.0. The SMILES string of the molecule is CC1(C)c2ccccc2-c2ccc(-c3ccc(-c4ccc5c6ccc(-c7ccccc7)cc6c6c7ccccc7c7ccccc7c6c5c4)cc3)cc21. The maximum Gasteiger partial charge on any atom is 0.0159 e. The van der Waals surface area contributed by atoms with Crippen LogP contribution in [-0.2, 0) is 5.41 Å². The van der Waals surface area contributed by atoms with E-state index in [9.17, 15) is 0 Å². The van der Waals surface area contributed by atoms with E-state index in [0.29, 0.717) is 0 Å². The summed E-state index contributed by atoms with van der Waals surface area (Å²) in [4.78, 5) is 0. The topological polar surface area (TPSA) is 0 Å². The summed E-state index contributed by atoms with van der Waals surface area (Å²) in [5.41, 5.74) is 13.0. The molecule has 0 heteroatoms. The summed E-state index contributed by atoms with van der Waals surface area (Å²) >= 11 is 0. The summed E-state index contributed by atoms with van der Waals surface area (Å²) in [5, 5.41) is 13.0. The highest BCUT2D eigenvalue weighted by atomic mass is 14.4. The number of hydrogen-bond acceptors (Lipinski definition) is 0. The molecule has 0 aliphatic heterocycles. The lowest BCUT2D eigenvalue weighted by atomic mass is 9.81. The molecule has 248 valence electrons. The molecule has 11 rings (SSSR count). The molecule has 0 spiro atoms. The van der Waals surface area contributed by atoms with E-state index in [1.807, 2.05) is 0 Å². The van der Waals surface area contributed by atoms with Gasteiger partial charge in [-0.05, 0) is 128 Å². The summed E-state index contributed by atoms with van der Waals surface area (Å²) in [5.74, 6) is 0. The van der Waals surface area contributed by atoms with E-state index in [-0.39, 0.29) is 5.41 Å². The minimum absolute atomic E-state index is 0.0153. The van der Waals surface area contributed by atoms with Gasteiger partial charge >= 0.3 is 0 Å². The van der Waals surface area contributed by atoms with E-state index in [1.54, 1.807) is 0 Å². The maximum absolute atomic E-state index is 2.44. The van der Waals surface area contributed by atoms with Crippen LogP contribution in [0.5, 0.6) is 0 Å². The molecule has 0 saturated carbocycles. The molecular weight excluding hydrogens is 637 g/mol. The van der Waals surface area contributed by atoms with Crippen LogP contribution >= 0.6 is 0 Å². The molecule has 53 heavy (non-hydrogen) atoms. The van der Waals surface area contributed by atoms with Crippen molar-refractivity contribution in [1.29, 1.82) is 0 Å². The van der Waals surface area contributed by atoms with E-state index in [2.05, 4.69) is 196 Å². The van der Waals surface area contributed by atoms with Gasteiger partial charge in [-0.3, -0.25) is 0 Å². The minimum Gasteiger partial charge on any atom is -0.0622 e. The fraction of sp³-hybridized carbons (Fsp3) is 0.0566. The highest BCUT2D eigenvalue weighted by molar-refractivity contribution is 6.39. The van der Waals surface area contributed by atoms with Gasteiger partial charge in [0, 0.05) is 5.41 Å². The van der Waals surface area contributed by atoms with E-state index in [1.165, 1.54) is 109 Å². The Hall–Kier alpha value is -6.50. The number of fused-ring (bicyclic) bond motifs is 14. The molecule has 0 atom stereocenters. The summed E-state index contributed by atoms with van der Waals surface area (Å²) in [6, 6.07) is 67.9. The normalized spacial score (nSPS) is 13.2. The molecule has 0 nitrogen and oxygen atoms in total. The fourth-order valence-electron chi connectivity index (χ4n) is 9.40. The van der Waals surface area contributed by atoms with Gasteiger partial charge in [0.05, 0.1) is 0 Å². The van der Waals surface area contributed by atoms with Crippen LogP contribution in [0.25, 0.3) is 98.4 Å². The van der Waals surface area contributed by atoms with Gasteiger partial charge in [0.1, 0.15) is 0 Å². The summed E-state index contributed by atoms with van der Waals surface area (Å²) < 4.78 is 0. The Kier molecular flexibility index (Phi) is 6.40. The summed E-state index contributed by atoms with van der Waals surface area (Å²) in [6.45, 7) is 4.71. The number of hydrogen-bond donors (Lipinski definition) is 0. The van der Waals surface area contributed by atoms with Crippen molar-refractivity contribution in [2.45, 2.75) is 19.3 Å². The Labute approximate surface area is 309 Å². The van der Waals surface area contributed by atoms with Crippen molar-refractivity contribution >= 4 is 53.9 Å². The molecule has 1 aliphatic rings. The van der Waals surface area contributed by atoms with Crippen LogP contribution in [0.3, 0.4) is 0 Å². The van der Waals surface area contributed by atoms with Gasteiger partial charge in [-0.1, -0.05) is 178 Å². The molecule has 1 aliphatic carbocycles. The third kappa shape index (κ3) is 4.42. The van der Waals surface area contributed by atoms with Gasteiger partial charge in [0.15, 0.2) is 0 Å². The van der Waals surface area contributed by atoms with Crippen LogP contribution in [0.4, 0.5) is 0 Å². The first-order chi connectivity index (χ1) is 26.0. The predicted molar refractivity (Wildman–Crippen MR) is 228 cm³/mol. The third-order valence-electron chi connectivity index (χ3n) is 12.0. The molecule has 0 radical (unpaired) electrons. The monoisotopic (exact) mass is 672 g/mol. The van der Waals surface area contributed by atoms with Crippen molar-refractivity contribution in [2.24, 2.45) is 0 Å². The van der Waals surface area contributed by atoms with E-state index in [0.717, 1.165) is 0 Å². The Morgan fingerprint density at radius 3 is 1.25 bits per heavy atom. The van der Waals surface area contributed by atoms with Crippen LogP contribution in [0, 0.1) is 0 Å². The molecule has 0 fully saturated rings. The first kappa shape index (κ1) is 30.2. The molecule has 0 amide bonds. The van der Waals surface area contributed by atoms with Crippen molar-refractivity contribution in [3.05, 3.63) is 193 Å². The molecule has 10 aromatic carbocycles. The summed E-state index contributed by atoms with van der Waals surface area (Å²) in [7, 11) is 0. The zero-order chi connectivity index (χ0) is 35.3. The van der Waals surface area contributed by atoms with Crippen LogP contribution < -0.4 is 0 Å². The largest absolute Gasteiger partial charge is 0.0622 e. The second kappa shape index (κ2) is 11.2. The van der Waals surface area contributed by atoms with Crippen molar-refractivity contribution in [3.63, 3.8) is 0 Å². The Balaban J connectivity index is 1.11. The maximum atomic E-state index is 2.44. The van der Waals surface area contributed by atoms with Crippen LogP contribution in [0.1, 0.15) is 25.0 Å². The second-order valence-electron chi connectivity index (χ2n) is 15.2. The lowest BCUT2D eigenvalue weighted by Crippen LogP contribution is -2.14. The fourth-order valence-corrected chi connectivity index (χ4v) is 9.40. The molecule has 0 bridgehead atoms. The van der Waals surface area contributed by atoms with Gasteiger partial charge in [-0.2, -0.15) is 0 Å². The van der Waals surface area contributed by atoms with Gasteiger partial charge < -0.3 is 0 Å². The molecule has 0 N–H and O–H groups in total. The zero-order valence-electron chi connectivity index (χ0n) is 29.8. The average molecular weight is 673 g/mol. The van der Waals surface area contributed by atoms with Gasteiger partial charge in [-0.25, -0.2) is 0 Å². The molecule has 0 unspecified atom stereocenters. The average Bonchev–Trinajstić information content (AvgIpc) is 3.46. The van der Waals surface area contributed by atoms with Crippen LogP contribution in [0.15, 0.2) is 182 Å². The van der Waals surface area contributed by atoms with Gasteiger partial charge in [0.2, 0.25) is 0 Å². The molecule has 0 aromatic heterocycles.